The summed E-state index contributed by atoms with van der Waals surface area (Å²) in [7, 11) is 1.79. The average Bonchev–Trinajstić information content (AvgIpc) is 2.20. The molecule has 0 radical (unpaired) electrons. The van der Waals surface area contributed by atoms with Gasteiger partial charge in [-0.25, -0.2) is 4.79 Å². The van der Waals surface area contributed by atoms with Crippen LogP contribution in [-0.4, -0.2) is 36.9 Å². The fourth-order valence-corrected chi connectivity index (χ4v) is 1.36. The molecule has 1 aliphatic rings. The molecule has 1 heterocycles. The van der Waals surface area contributed by atoms with E-state index >= 15 is 0 Å². The Morgan fingerprint density at radius 2 is 1.94 bits per heavy atom. The summed E-state index contributed by atoms with van der Waals surface area (Å²) >= 11 is 0. The lowest BCUT2D eigenvalue weighted by Gasteiger charge is -2.28. The van der Waals surface area contributed by atoms with E-state index in [1.54, 1.807) is 12.1 Å². The van der Waals surface area contributed by atoms with Crippen molar-refractivity contribution < 1.29 is 9.63 Å². The molecule has 16 heavy (non-hydrogen) atoms. The van der Waals surface area contributed by atoms with E-state index in [0.29, 0.717) is 0 Å². The molecule has 0 aromatic rings. The first-order chi connectivity index (χ1) is 7.43. The van der Waals surface area contributed by atoms with E-state index in [9.17, 15) is 4.79 Å². The molecule has 0 aromatic carbocycles. The van der Waals surface area contributed by atoms with Crippen LogP contribution in [0.5, 0.6) is 0 Å². The first-order valence-electron chi connectivity index (χ1n) is 5.63. The van der Waals surface area contributed by atoms with E-state index in [1.165, 1.54) is 0 Å². The van der Waals surface area contributed by atoms with Gasteiger partial charge in [-0.3, -0.25) is 0 Å². The van der Waals surface area contributed by atoms with Crippen molar-refractivity contribution in [3.63, 3.8) is 0 Å². The van der Waals surface area contributed by atoms with E-state index in [4.69, 9.17) is 4.84 Å². The van der Waals surface area contributed by atoms with Crippen molar-refractivity contribution in [1.29, 1.82) is 0 Å². The number of rotatable bonds is 2. The Morgan fingerprint density at radius 1 is 1.38 bits per heavy atom. The number of carbonyl (C=O) groups is 1. The third kappa shape index (κ3) is 3.81. The SMILES string of the molecule is CNN=C1CCN(OC(=O)C(C)(C)C)CC1. The van der Waals surface area contributed by atoms with Crippen molar-refractivity contribution in [3.05, 3.63) is 0 Å². The topological polar surface area (TPSA) is 53.9 Å². The predicted molar refractivity (Wildman–Crippen MR) is 62.8 cm³/mol. The van der Waals surface area contributed by atoms with Crippen molar-refractivity contribution in [1.82, 2.24) is 10.5 Å². The second-order valence-corrected chi connectivity index (χ2v) is 4.96. The Bertz CT molecular complexity index is 271. The Hall–Kier alpha value is -1.10. The lowest BCUT2D eigenvalue weighted by molar-refractivity contribution is -0.200. The Morgan fingerprint density at radius 3 is 2.38 bits per heavy atom. The van der Waals surface area contributed by atoms with Gasteiger partial charge in [0.15, 0.2) is 0 Å². The van der Waals surface area contributed by atoms with Gasteiger partial charge in [0.05, 0.1) is 5.41 Å². The fraction of sp³-hybridized carbons (Fsp3) is 0.818. The smallest absolute Gasteiger partial charge is 0.330 e. The van der Waals surface area contributed by atoms with Crippen molar-refractivity contribution >= 4 is 11.7 Å². The third-order valence-corrected chi connectivity index (χ3v) is 2.39. The zero-order valence-corrected chi connectivity index (χ0v) is 10.5. The number of nitrogens with one attached hydrogen (secondary N) is 1. The summed E-state index contributed by atoms with van der Waals surface area (Å²) in [6, 6.07) is 0. The molecule has 0 aromatic heterocycles. The number of piperidine rings is 1. The minimum Gasteiger partial charge on any atom is -0.367 e. The molecule has 0 aliphatic carbocycles. The van der Waals surface area contributed by atoms with Crippen LogP contribution in [0.1, 0.15) is 33.6 Å². The van der Waals surface area contributed by atoms with Crippen LogP contribution in [0.4, 0.5) is 0 Å². The largest absolute Gasteiger partial charge is 0.367 e. The van der Waals surface area contributed by atoms with Gasteiger partial charge in [-0.05, 0) is 20.8 Å². The maximum atomic E-state index is 11.6. The normalized spacial score (nSPS) is 18.1. The quantitative estimate of drug-likeness (QED) is 0.719. The van der Waals surface area contributed by atoms with Crippen molar-refractivity contribution in [2.24, 2.45) is 10.5 Å². The summed E-state index contributed by atoms with van der Waals surface area (Å²) in [5, 5.41) is 5.87. The summed E-state index contributed by atoms with van der Waals surface area (Å²) < 4.78 is 0. The lowest BCUT2D eigenvalue weighted by Crippen LogP contribution is -2.39. The summed E-state index contributed by atoms with van der Waals surface area (Å²) in [6.07, 6.45) is 1.69. The summed E-state index contributed by atoms with van der Waals surface area (Å²) in [5.74, 6) is -0.179. The van der Waals surface area contributed by atoms with E-state index in [1.807, 2.05) is 20.8 Å². The van der Waals surface area contributed by atoms with Gasteiger partial charge < -0.3 is 10.3 Å². The highest BCUT2D eigenvalue weighted by atomic mass is 16.7. The molecule has 0 atom stereocenters. The van der Waals surface area contributed by atoms with E-state index in [-0.39, 0.29) is 5.97 Å². The number of hydroxylamine groups is 2. The molecule has 92 valence electrons. The second-order valence-electron chi connectivity index (χ2n) is 4.96. The number of hydrogen-bond donors (Lipinski definition) is 1. The van der Waals surface area contributed by atoms with Crippen LogP contribution in [0.15, 0.2) is 5.10 Å². The van der Waals surface area contributed by atoms with E-state index < -0.39 is 5.41 Å². The van der Waals surface area contributed by atoms with Crippen LogP contribution in [0.2, 0.25) is 0 Å². The van der Waals surface area contributed by atoms with Crippen molar-refractivity contribution in [2.45, 2.75) is 33.6 Å². The van der Waals surface area contributed by atoms with Gasteiger partial charge in [0, 0.05) is 38.7 Å². The molecule has 0 bridgehead atoms. The molecule has 0 saturated carbocycles. The highest BCUT2D eigenvalue weighted by Crippen LogP contribution is 2.17. The highest BCUT2D eigenvalue weighted by molar-refractivity contribution is 5.85. The highest BCUT2D eigenvalue weighted by Gasteiger charge is 2.27. The molecule has 5 heteroatoms. The lowest BCUT2D eigenvalue weighted by atomic mass is 9.98. The minimum absolute atomic E-state index is 0.179. The zero-order valence-electron chi connectivity index (χ0n) is 10.5. The third-order valence-electron chi connectivity index (χ3n) is 2.39. The molecule has 0 amide bonds. The zero-order chi connectivity index (χ0) is 12.2. The van der Waals surface area contributed by atoms with Crippen LogP contribution in [0, 0.1) is 5.41 Å². The van der Waals surface area contributed by atoms with Gasteiger partial charge in [-0.2, -0.15) is 5.10 Å². The fourth-order valence-electron chi connectivity index (χ4n) is 1.36. The Kier molecular flexibility index (Phi) is 4.29. The molecular weight excluding hydrogens is 206 g/mol. The maximum Gasteiger partial charge on any atom is 0.330 e. The van der Waals surface area contributed by atoms with Gasteiger partial charge >= 0.3 is 5.97 Å². The minimum atomic E-state index is -0.445. The Labute approximate surface area is 96.8 Å². The van der Waals surface area contributed by atoms with Gasteiger partial charge in [-0.1, -0.05) is 0 Å². The molecule has 5 nitrogen and oxygen atoms in total. The molecular formula is C11H21N3O2. The van der Waals surface area contributed by atoms with E-state index in [0.717, 1.165) is 31.6 Å². The molecule has 1 fully saturated rings. The molecule has 1 rings (SSSR count). The van der Waals surface area contributed by atoms with E-state index in [2.05, 4.69) is 10.5 Å². The first-order valence-corrected chi connectivity index (χ1v) is 5.63. The van der Waals surface area contributed by atoms with Crippen LogP contribution < -0.4 is 5.43 Å². The second kappa shape index (κ2) is 5.30. The van der Waals surface area contributed by atoms with Crippen LogP contribution in [0.3, 0.4) is 0 Å². The summed E-state index contributed by atoms with van der Waals surface area (Å²) in [6.45, 7) is 7.01. The molecule has 1 aliphatic heterocycles. The van der Waals surface area contributed by atoms with Crippen LogP contribution >= 0.6 is 0 Å². The standard InChI is InChI=1S/C11H21N3O2/c1-11(2,3)10(15)16-14-7-5-9(6-8-14)13-12-4/h12H,5-8H2,1-4H3. The molecule has 0 spiro atoms. The average molecular weight is 227 g/mol. The Balaban J connectivity index is 2.38. The first kappa shape index (κ1) is 13.0. The monoisotopic (exact) mass is 227 g/mol. The van der Waals surface area contributed by atoms with Gasteiger partial charge in [0.2, 0.25) is 0 Å². The summed E-state index contributed by atoms with van der Waals surface area (Å²) in [4.78, 5) is 16.9. The number of carbonyl (C=O) groups excluding carboxylic acids is 1. The number of hydrazone groups is 1. The van der Waals surface area contributed by atoms with Gasteiger partial charge in [-0.15, -0.1) is 5.06 Å². The maximum absolute atomic E-state index is 11.6. The summed E-state index contributed by atoms with van der Waals surface area (Å²) in [5.41, 5.74) is 3.46. The van der Waals surface area contributed by atoms with Crippen molar-refractivity contribution in [3.8, 4) is 0 Å². The molecule has 1 N–H and O–H groups in total. The van der Waals surface area contributed by atoms with Gasteiger partial charge in [0.1, 0.15) is 0 Å². The number of nitrogens with zero attached hydrogens (tertiary/aromatic N) is 2. The van der Waals surface area contributed by atoms with Crippen LogP contribution in [0.25, 0.3) is 0 Å². The van der Waals surface area contributed by atoms with Crippen LogP contribution in [-0.2, 0) is 9.63 Å². The van der Waals surface area contributed by atoms with Gasteiger partial charge in [0.25, 0.3) is 0 Å². The molecule has 0 unspecified atom stereocenters. The van der Waals surface area contributed by atoms with Crippen molar-refractivity contribution in [2.75, 3.05) is 20.1 Å². The number of hydrogen-bond acceptors (Lipinski definition) is 5. The predicted octanol–water partition coefficient (Wildman–Crippen LogP) is 1.16. The molecule has 1 saturated heterocycles.